The van der Waals surface area contributed by atoms with Crippen molar-refractivity contribution in [1.82, 2.24) is 15.3 Å². The molecule has 3 rings (SSSR count). The third-order valence-corrected chi connectivity index (χ3v) is 7.76. The maximum atomic E-state index is 12.3. The molecule has 0 saturated carbocycles. The van der Waals surface area contributed by atoms with E-state index in [0.29, 0.717) is 18.5 Å². The Morgan fingerprint density at radius 3 is 2.20 bits per heavy atom. The molecule has 0 radical (unpaired) electrons. The Bertz CT molecular complexity index is 898. The summed E-state index contributed by atoms with van der Waals surface area (Å²) in [5, 5.41) is 5.64. The normalized spacial score (nSPS) is 27.1. The van der Waals surface area contributed by atoms with Crippen LogP contribution in [0.5, 0.6) is 0 Å². The maximum Gasteiger partial charge on any atom is 0.270 e. The average molecular weight is 388 g/mol. The molecule has 2 unspecified atom stereocenters. The average Bonchev–Trinajstić information content (AvgIpc) is 2.99. The van der Waals surface area contributed by atoms with Crippen LogP contribution in [0.3, 0.4) is 0 Å². The molecule has 1 aromatic rings. The van der Waals surface area contributed by atoms with Crippen LogP contribution >= 0.6 is 0 Å². The Hall–Kier alpha value is -1.75. The molecule has 3 heterocycles. The van der Waals surface area contributed by atoms with Crippen molar-refractivity contribution < 1.29 is 21.6 Å². The van der Waals surface area contributed by atoms with Gasteiger partial charge in [0.05, 0.1) is 23.0 Å². The first-order valence-corrected chi connectivity index (χ1v) is 11.6. The lowest BCUT2D eigenvalue weighted by Crippen LogP contribution is -2.36. The lowest BCUT2D eigenvalue weighted by molar-refractivity contribution is 0.0936. The Balaban J connectivity index is 1.70. The van der Waals surface area contributed by atoms with Gasteiger partial charge in [-0.15, -0.1) is 0 Å². The fraction of sp³-hybridized carbons (Fsp3) is 0.643. The Morgan fingerprint density at radius 2 is 1.64 bits per heavy atom. The van der Waals surface area contributed by atoms with Gasteiger partial charge in [0.1, 0.15) is 5.69 Å². The highest BCUT2D eigenvalue weighted by atomic mass is 32.2. The second-order valence-electron chi connectivity index (χ2n) is 6.54. The molecule has 138 valence electrons. The summed E-state index contributed by atoms with van der Waals surface area (Å²) in [6, 6.07) is 0.821. The van der Waals surface area contributed by atoms with E-state index in [1.165, 1.54) is 6.07 Å². The molecule has 9 nitrogen and oxygen atoms in total. The summed E-state index contributed by atoms with van der Waals surface area (Å²) in [5.74, 6) is -0.107. The van der Waals surface area contributed by atoms with Crippen LogP contribution in [0.4, 0.5) is 5.95 Å². The number of amides is 1. The van der Waals surface area contributed by atoms with Gasteiger partial charge in [-0.25, -0.2) is 26.8 Å². The molecule has 11 heteroatoms. The molecule has 25 heavy (non-hydrogen) atoms. The van der Waals surface area contributed by atoms with Gasteiger partial charge in [0, 0.05) is 17.8 Å². The number of aromatic nitrogens is 2. The fourth-order valence-corrected chi connectivity index (χ4v) is 6.36. The van der Waals surface area contributed by atoms with Crippen molar-refractivity contribution in [3.05, 3.63) is 17.5 Å². The number of hydrogen-bond acceptors (Lipinski definition) is 8. The minimum Gasteiger partial charge on any atom is -0.350 e. The van der Waals surface area contributed by atoms with Gasteiger partial charge in [0.25, 0.3) is 5.91 Å². The lowest BCUT2D eigenvalue weighted by atomic mass is 10.2. The molecule has 0 aliphatic carbocycles. The van der Waals surface area contributed by atoms with Crippen LogP contribution in [0.15, 0.2) is 6.07 Å². The highest BCUT2D eigenvalue weighted by Gasteiger charge is 2.30. The number of carbonyl (C=O) groups is 1. The second kappa shape index (κ2) is 6.52. The van der Waals surface area contributed by atoms with Crippen molar-refractivity contribution in [2.24, 2.45) is 0 Å². The van der Waals surface area contributed by atoms with Crippen LogP contribution in [0.25, 0.3) is 0 Å². The molecule has 2 atom stereocenters. The van der Waals surface area contributed by atoms with Crippen LogP contribution in [-0.4, -0.2) is 67.8 Å². The summed E-state index contributed by atoms with van der Waals surface area (Å²) in [7, 11) is -6.12. The predicted molar refractivity (Wildman–Crippen MR) is 92.0 cm³/mol. The number of nitrogens with zero attached hydrogens (tertiary/aromatic N) is 2. The van der Waals surface area contributed by atoms with E-state index in [1.807, 2.05) is 0 Å². The zero-order valence-electron chi connectivity index (χ0n) is 13.7. The van der Waals surface area contributed by atoms with Gasteiger partial charge in [-0.3, -0.25) is 4.79 Å². The SMILES string of the molecule is Cc1cc(C(=O)NC2CCS(=O)(=O)C2)nc(NC2CCS(=O)(=O)C2)n1. The van der Waals surface area contributed by atoms with Gasteiger partial charge in [0.15, 0.2) is 19.7 Å². The fourth-order valence-electron chi connectivity index (χ4n) is 3.01. The molecular weight excluding hydrogens is 368 g/mol. The van der Waals surface area contributed by atoms with E-state index in [-0.39, 0.29) is 40.7 Å². The second-order valence-corrected chi connectivity index (χ2v) is 11.0. The van der Waals surface area contributed by atoms with Crippen LogP contribution < -0.4 is 10.6 Å². The van der Waals surface area contributed by atoms with E-state index in [0.717, 1.165) is 0 Å². The summed E-state index contributed by atoms with van der Waals surface area (Å²) >= 11 is 0. The van der Waals surface area contributed by atoms with E-state index in [4.69, 9.17) is 0 Å². The van der Waals surface area contributed by atoms with E-state index in [1.54, 1.807) is 6.92 Å². The number of rotatable bonds is 4. The number of anilines is 1. The Kier molecular flexibility index (Phi) is 4.71. The monoisotopic (exact) mass is 388 g/mol. The van der Waals surface area contributed by atoms with Gasteiger partial charge in [-0.05, 0) is 25.8 Å². The summed E-state index contributed by atoms with van der Waals surface area (Å²) < 4.78 is 46.0. The minimum atomic E-state index is -3.08. The molecule has 2 fully saturated rings. The number of hydrogen-bond donors (Lipinski definition) is 2. The Morgan fingerprint density at radius 1 is 1.04 bits per heavy atom. The van der Waals surface area contributed by atoms with Crippen molar-refractivity contribution in [1.29, 1.82) is 0 Å². The molecular formula is C14H20N4O5S2. The summed E-state index contributed by atoms with van der Waals surface area (Å²) in [6.07, 6.45) is 0.865. The topological polar surface area (TPSA) is 135 Å². The third-order valence-electron chi connectivity index (χ3n) is 4.22. The first-order valence-electron chi connectivity index (χ1n) is 7.96. The van der Waals surface area contributed by atoms with Crippen LogP contribution in [0.2, 0.25) is 0 Å². The number of carbonyl (C=O) groups excluding carboxylic acids is 1. The summed E-state index contributed by atoms with van der Waals surface area (Å²) in [5.41, 5.74) is 0.683. The lowest BCUT2D eigenvalue weighted by Gasteiger charge is -2.14. The maximum absolute atomic E-state index is 12.3. The molecule has 2 aliphatic rings. The van der Waals surface area contributed by atoms with Crippen LogP contribution in [0, 0.1) is 6.92 Å². The van der Waals surface area contributed by atoms with Gasteiger partial charge in [-0.1, -0.05) is 0 Å². The molecule has 2 saturated heterocycles. The Labute approximate surface area is 146 Å². The molecule has 1 amide bonds. The van der Waals surface area contributed by atoms with E-state index >= 15 is 0 Å². The molecule has 2 aliphatic heterocycles. The number of aryl methyl sites for hydroxylation is 1. The molecule has 0 bridgehead atoms. The van der Waals surface area contributed by atoms with Crippen molar-refractivity contribution in [2.75, 3.05) is 28.3 Å². The van der Waals surface area contributed by atoms with Crippen molar-refractivity contribution in [2.45, 2.75) is 31.8 Å². The molecule has 1 aromatic heterocycles. The van der Waals surface area contributed by atoms with Crippen LogP contribution in [0.1, 0.15) is 29.0 Å². The predicted octanol–water partition coefficient (Wildman–Crippen LogP) is -0.699. The number of sulfone groups is 2. The van der Waals surface area contributed by atoms with E-state index in [2.05, 4.69) is 20.6 Å². The van der Waals surface area contributed by atoms with E-state index in [9.17, 15) is 21.6 Å². The van der Waals surface area contributed by atoms with Gasteiger partial charge in [0.2, 0.25) is 5.95 Å². The third kappa shape index (κ3) is 4.66. The van der Waals surface area contributed by atoms with Gasteiger partial charge in [-0.2, -0.15) is 0 Å². The van der Waals surface area contributed by atoms with Crippen molar-refractivity contribution >= 4 is 31.5 Å². The first-order chi connectivity index (χ1) is 11.6. The van der Waals surface area contributed by atoms with Gasteiger partial charge >= 0.3 is 0 Å². The highest BCUT2D eigenvalue weighted by Crippen LogP contribution is 2.16. The zero-order chi connectivity index (χ0) is 18.2. The van der Waals surface area contributed by atoms with Crippen LogP contribution in [-0.2, 0) is 19.7 Å². The summed E-state index contributed by atoms with van der Waals surface area (Å²) in [4.78, 5) is 20.7. The standard InChI is InChI=1S/C14H20N4O5S2/c1-9-6-12(13(19)16-10-2-4-24(20,21)7-10)18-14(15-9)17-11-3-5-25(22,23)8-11/h6,10-11H,2-5,7-8H2,1H3,(H,16,19)(H,15,17,18). The summed E-state index contributed by atoms with van der Waals surface area (Å²) in [6.45, 7) is 1.70. The zero-order valence-corrected chi connectivity index (χ0v) is 15.4. The highest BCUT2D eigenvalue weighted by molar-refractivity contribution is 7.91. The molecule has 0 aromatic carbocycles. The van der Waals surface area contributed by atoms with E-state index < -0.39 is 31.6 Å². The molecule has 2 N–H and O–H groups in total. The molecule has 0 spiro atoms. The smallest absolute Gasteiger partial charge is 0.270 e. The van der Waals surface area contributed by atoms with Crippen molar-refractivity contribution in [3.63, 3.8) is 0 Å². The van der Waals surface area contributed by atoms with Crippen molar-refractivity contribution in [3.8, 4) is 0 Å². The number of nitrogens with one attached hydrogen (secondary N) is 2. The first kappa shape index (κ1) is 18.1. The largest absolute Gasteiger partial charge is 0.350 e. The van der Waals surface area contributed by atoms with Gasteiger partial charge < -0.3 is 10.6 Å². The quantitative estimate of drug-likeness (QED) is 0.691. The minimum absolute atomic E-state index is 0.0196.